The van der Waals surface area contributed by atoms with Crippen molar-refractivity contribution in [2.24, 2.45) is 0 Å². The van der Waals surface area contributed by atoms with Gasteiger partial charge in [0.25, 0.3) is 0 Å². The molecule has 0 heterocycles. The molecule has 162 valence electrons. The summed E-state index contributed by atoms with van der Waals surface area (Å²) >= 11 is 0. The highest BCUT2D eigenvalue weighted by molar-refractivity contribution is 4.81. The molecule has 0 rings (SSSR count). The number of nitrogens with zero attached hydrogens (tertiary/aromatic N) is 1. The highest BCUT2D eigenvalue weighted by atomic mass is 15.3. The van der Waals surface area contributed by atoms with E-state index in [1.807, 2.05) is 0 Å². The van der Waals surface area contributed by atoms with E-state index in [9.17, 15) is 0 Å². The number of hydrogen-bond donors (Lipinski definition) is 0. The first kappa shape index (κ1) is 26.7. The minimum atomic E-state index is 1.19. The third-order valence-corrected chi connectivity index (χ3v) is 6.13. The van der Waals surface area contributed by atoms with Gasteiger partial charge in [-0.15, -0.1) is 0 Å². The van der Waals surface area contributed by atoms with E-state index in [4.69, 9.17) is 0 Å². The van der Waals surface area contributed by atoms with E-state index in [-0.39, 0.29) is 0 Å². The molecule has 27 heavy (non-hydrogen) atoms. The van der Waals surface area contributed by atoms with Crippen molar-refractivity contribution in [2.75, 3.05) is 27.2 Å². The predicted molar refractivity (Wildman–Crippen MR) is 125 cm³/mol. The molecule has 1 heteroatoms. The van der Waals surface area contributed by atoms with E-state index >= 15 is 0 Å². The lowest BCUT2D eigenvalue weighted by Crippen LogP contribution is -2.39. The van der Waals surface area contributed by atoms with Crippen LogP contribution in [0.4, 0.5) is 0 Å². The molecule has 0 atom stereocenters. The summed E-state index contributed by atoms with van der Waals surface area (Å²) in [6.07, 6.45) is 30.4. The van der Waals surface area contributed by atoms with E-state index in [1.165, 1.54) is 133 Å². The Bertz CT molecular complexity index is 305. The minimum Gasteiger partial charge on any atom is -0.329 e. The molecule has 0 aromatic rings. The normalized spacial score (nSPS) is 12.3. The fourth-order valence-corrected chi connectivity index (χ4v) is 3.65. The van der Waals surface area contributed by atoms with Gasteiger partial charge in [0, 0.05) is 0 Å². The van der Waals surface area contributed by atoms with E-state index < -0.39 is 0 Å². The lowest BCUT2D eigenvalue weighted by molar-refractivity contribution is -0.888. The first-order chi connectivity index (χ1) is 13.1. The van der Waals surface area contributed by atoms with Crippen molar-refractivity contribution in [3.8, 4) is 0 Å². The van der Waals surface area contributed by atoms with Crippen LogP contribution in [0.3, 0.4) is 0 Å². The van der Waals surface area contributed by atoms with Crippen molar-refractivity contribution in [1.29, 1.82) is 0 Å². The Kier molecular flexibility index (Phi) is 20.2. The zero-order valence-electron chi connectivity index (χ0n) is 19.7. The van der Waals surface area contributed by atoms with Crippen LogP contribution >= 0.6 is 0 Å². The van der Waals surface area contributed by atoms with Gasteiger partial charge in [0.05, 0.1) is 27.2 Å². The second kappa shape index (κ2) is 20.4. The molecule has 0 unspecified atom stereocenters. The van der Waals surface area contributed by atoms with Gasteiger partial charge in [-0.1, -0.05) is 96.1 Å². The van der Waals surface area contributed by atoms with Gasteiger partial charge in [-0.2, -0.15) is 0 Å². The van der Waals surface area contributed by atoms with Crippen molar-refractivity contribution < 1.29 is 4.48 Å². The fourth-order valence-electron chi connectivity index (χ4n) is 3.65. The van der Waals surface area contributed by atoms with Gasteiger partial charge >= 0.3 is 0 Å². The molecule has 0 aliphatic carbocycles. The highest BCUT2D eigenvalue weighted by Gasteiger charge is 2.09. The SMILES string of the molecule is CCCCCCCCC=CCCCCCCCCCCCC[N+](C)(C)CC. The van der Waals surface area contributed by atoms with Crippen LogP contribution < -0.4 is 0 Å². The van der Waals surface area contributed by atoms with Crippen LogP contribution in [-0.4, -0.2) is 31.7 Å². The molecule has 0 radical (unpaired) electrons. The molecular weight excluding hydrogens is 326 g/mol. The summed E-state index contributed by atoms with van der Waals surface area (Å²) in [5.74, 6) is 0. The van der Waals surface area contributed by atoms with Gasteiger partial charge in [0.1, 0.15) is 0 Å². The first-order valence-electron chi connectivity index (χ1n) is 12.6. The molecule has 0 spiro atoms. The number of unbranched alkanes of at least 4 members (excludes halogenated alkanes) is 16. The van der Waals surface area contributed by atoms with Crippen LogP contribution in [0.25, 0.3) is 0 Å². The lowest BCUT2D eigenvalue weighted by Gasteiger charge is -2.28. The summed E-state index contributed by atoms with van der Waals surface area (Å²) in [4.78, 5) is 0. The molecule has 0 aliphatic rings. The van der Waals surface area contributed by atoms with Gasteiger partial charge in [0.15, 0.2) is 0 Å². The van der Waals surface area contributed by atoms with Crippen LogP contribution in [0.5, 0.6) is 0 Å². The minimum absolute atomic E-state index is 1.19. The summed E-state index contributed by atoms with van der Waals surface area (Å²) < 4.78 is 1.19. The van der Waals surface area contributed by atoms with Gasteiger partial charge in [0.2, 0.25) is 0 Å². The quantitative estimate of drug-likeness (QED) is 0.106. The van der Waals surface area contributed by atoms with Gasteiger partial charge in [-0.25, -0.2) is 0 Å². The molecule has 0 amide bonds. The summed E-state index contributed by atoms with van der Waals surface area (Å²) in [5, 5.41) is 0. The topological polar surface area (TPSA) is 0 Å². The van der Waals surface area contributed by atoms with E-state index in [1.54, 1.807) is 0 Å². The number of rotatable bonds is 21. The zero-order valence-corrected chi connectivity index (χ0v) is 19.7. The molecular formula is C26H54N+. The summed E-state index contributed by atoms with van der Waals surface area (Å²) in [6.45, 7) is 7.20. The highest BCUT2D eigenvalue weighted by Crippen LogP contribution is 2.13. The van der Waals surface area contributed by atoms with Crippen molar-refractivity contribution >= 4 is 0 Å². The van der Waals surface area contributed by atoms with E-state index in [2.05, 4.69) is 40.1 Å². The molecule has 0 fully saturated rings. The van der Waals surface area contributed by atoms with Crippen molar-refractivity contribution in [2.45, 2.75) is 129 Å². The summed E-state index contributed by atoms with van der Waals surface area (Å²) in [5.41, 5.74) is 0. The fraction of sp³-hybridized carbons (Fsp3) is 0.923. The molecule has 0 aliphatic heterocycles. The van der Waals surface area contributed by atoms with Crippen LogP contribution in [-0.2, 0) is 0 Å². The predicted octanol–water partition coefficient (Wildman–Crippen LogP) is 8.68. The maximum Gasteiger partial charge on any atom is 0.0782 e. The average molecular weight is 381 g/mol. The molecule has 0 aromatic heterocycles. The van der Waals surface area contributed by atoms with Crippen molar-refractivity contribution in [3.63, 3.8) is 0 Å². The molecule has 0 bridgehead atoms. The molecule has 0 N–H and O–H groups in total. The van der Waals surface area contributed by atoms with Crippen LogP contribution in [0, 0.1) is 0 Å². The maximum absolute atomic E-state index is 2.44. The van der Waals surface area contributed by atoms with Gasteiger partial charge < -0.3 is 4.48 Å². The van der Waals surface area contributed by atoms with Gasteiger partial charge in [-0.05, 0) is 45.4 Å². The maximum atomic E-state index is 2.44. The zero-order chi connectivity index (χ0) is 20.1. The van der Waals surface area contributed by atoms with Crippen LogP contribution in [0.1, 0.15) is 129 Å². The second-order valence-electron chi connectivity index (χ2n) is 9.33. The number of allylic oxidation sites excluding steroid dienone is 2. The van der Waals surface area contributed by atoms with Crippen LogP contribution in [0.15, 0.2) is 12.2 Å². The number of hydrogen-bond acceptors (Lipinski definition) is 0. The summed E-state index contributed by atoms with van der Waals surface area (Å²) in [7, 11) is 4.71. The lowest BCUT2D eigenvalue weighted by atomic mass is 10.1. The smallest absolute Gasteiger partial charge is 0.0782 e. The van der Waals surface area contributed by atoms with E-state index in [0.29, 0.717) is 0 Å². The number of quaternary nitrogens is 1. The molecule has 1 nitrogen and oxygen atoms in total. The first-order valence-corrected chi connectivity index (χ1v) is 12.6. The third-order valence-electron chi connectivity index (χ3n) is 6.13. The van der Waals surface area contributed by atoms with Gasteiger partial charge in [-0.3, -0.25) is 0 Å². The van der Waals surface area contributed by atoms with Crippen LogP contribution in [0.2, 0.25) is 0 Å². The van der Waals surface area contributed by atoms with Crippen molar-refractivity contribution in [3.05, 3.63) is 12.2 Å². The summed E-state index contributed by atoms with van der Waals surface area (Å²) in [6, 6.07) is 0. The monoisotopic (exact) mass is 380 g/mol. The molecule has 0 saturated carbocycles. The standard InChI is InChI=1S/C26H54N/c1-5-7-8-9-10-11-12-13-14-15-16-17-18-19-20-21-22-23-24-25-26-27(3,4)6-2/h13-14H,5-12,15-26H2,1-4H3/q+1. The Labute approximate surface area is 173 Å². The Balaban J connectivity index is 3.13. The van der Waals surface area contributed by atoms with Crippen molar-refractivity contribution in [1.82, 2.24) is 0 Å². The second-order valence-corrected chi connectivity index (χ2v) is 9.33. The van der Waals surface area contributed by atoms with E-state index in [0.717, 1.165) is 0 Å². The Morgan fingerprint density at radius 2 is 0.852 bits per heavy atom. The Morgan fingerprint density at radius 3 is 1.26 bits per heavy atom. The largest absolute Gasteiger partial charge is 0.329 e. The molecule has 0 aromatic carbocycles. The third kappa shape index (κ3) is 21.9. The Hall–Kier alpha value is -0.300. The molecule has 0 saturated heterocycles. The average Bonchev–Trinajstić information content (AvgIpc) is 2.66. The Morgan fingerprint density at radius 1 is 0.481 bits per heavy atom.